The third-order valence-corrected chi connectivity index (χ3v) is 4.48. The van der Waals surface area contributed by atoms with E-state index in [2.05, 4.69) is 4.90 Å². The Morgan fingerprint density at radius 1 is 1.24 bits per heavy atom. The van der Waals surface area contributed by atoms with Crippen molar-refractivity contribution >= 4 is 5.78 Å². The lowest BCUT2D eigenvalue weighted by Crippen LogP contribution is -2.47. The Bertz CT molecular complexity index is 267. The van der Waals surface area contributed by atoms with Gasteiger partial charge in [0.25, 0.3) is 0 Å². The van der Waals surface area contributed by atoms with E-state index in [4.69, 9.17) is 4.74 Å². The van der Waals surface area contributed by atoms with Crippen LogP contribution in [0.4, 0.5) is 0 Å². The summed E-state index contributed by atoms with van der Waals surface area (Å²) in [5.41, 5.74) is 0. The predicted octanol–water partition coefficient (Wildman–Crippen LogP) is 2.25. The molecular weight excluding hydrogens is 214 g/mol. The molecule has 0 aromatic carbocycles. The van der Waals surface area contributed by atoms with E-state index in [1.54, 1.807) is 6.92 Å². The lowest BCUT2D eigenvalue weighted by Gasteiger charge is -2.41. The van der Waals surface area contributed by atoms with E-state index in [1.165, 1.54) is 32.2 Å². The Balaban J connectivity index is 1.90. The van der Waals surface area contributed by atoms with Crippen molar-refractivity contribution in [3.8, 4) is 0 Å². The highest BCUT2D eigenvalue weighted by atomic mass is 16.5. The largest absolute Gasteiger partial charge is 0.381 e. The van der Waals surface area contributed by atoms with Crippen molar-refractivity contribution in [3.63, 3.8) is 0 Å². The van der Waals surface area contributed by atoms with E-state index in [9.17, 15) is 4.79 Å². The van der Waals surface area contributed by atoms with Crippen molar-refractivity contribution < 1.29 is 9.53 Å². The average Bonchev–Trinajstić information content (AvgIpc) is 2.39. The first kappa shape index (κ1) is 13.0. The molecule has 3 nitrogen and oxygen atoms in total. The molecule has 1 aliphatic carbocycles. The summed E-state index contributed by atoms with van der Waals surface area (Å²) in [6.07, 6.45) is 7.61. The Labute approximate surface area is 105 Å². The molecule has 3 heteroatoms. The molecule has 0 aromatic rings. The number of rotatable bonds is 3. The highest BCUT2D eigenvalue weighted by Gasteiger charge is 2.31. The minimum atomic E-state index is 0.284. The zero-order valence-corrected chi connectivity index (χ0v) is 11.2. The van der Waals surface area contributed by atoms with Crippen LogP contribution in [0.25, 0.3) is 0 Å². The molecule has 1 saturated carbocycles. The van der Waals surface area contributed by atoms with Crippen LogP contribution < -0.4 is 0 Å². The molecule has 0 aromatic heterocycles. The highest BCUT2D eigenvalue weighted by Crippen LogP contribution is 2.28. The Hall–Kier alpha value is -0.410. The van der Waals surface area contributed by atoms with Gasteiger partial charge >= 0.3 is 0 Å². The molecule has 3 unspecified atom stereocenters. The molecule has 3 atom stereocenters. The second-order valence-corrected chi connectivity index (χ2v) is 5.62. The minimum absolute atomic E-state index is 0.284. The van der Waals surface area contributed by atoms with E-state index in [-0.39, 0.29) is 5.92 Å². The second kappa shape index (κ2) is 5.96. The third-order valence-electron chi connectivity index (χ3n) is 4.48. The molecule has 2 aliphatic rings. The van der Waals surface area contributed by atoms with Crippen LogP contribution in [0.1, 0.15) is 45.4 Å². The molecular formula is C14H25NO2. The summed E-state index contributed by atoms with van der Waals surface area (Å²) < 4.78 is 5.49. The van der Waals surface area contributed by atoms with Gasteiger partial charge < -0.3 is 4.74 Å². The number of ketones is 1. The fourth-order valence-electron chi connectivity index (χ4n) is 3.34. The van der Waals surface area contributed by atoms with Gasteiger partial charge in [0.15, 0.2) is 0 Å². The van der Waals surface area contributed by atoms with Crippen molar-refractivity contribution in [3.05, 3.63) is 0 Å². The van der Waals surface area contributed by atoms with Gasteiger partial charge in [-0.15, -0.1) is 0 Å². The van der Waals surface area contributed by atoms with Gasteiger partial charge in [-0.05, 0) is 52.0 Å². The summed E-state index contributed by atoms with van der Waals surface area (Å²) >= 11 is 0. The van der Waals surface area contributed by atoms with Gasteiger partial charge in [0.2, 0.25) is 0 Å². The number of methoxy groups -OCH3 is 1. The molecule has 2 rings (SSSR count). The molecule has 0 radical (unpaired) electrons. The lowest BCUT2D eigenvalue weighted by atomic mass is 9.87. The smallest absolute Gasteiger partial charge is 0.134 e. The van der Waals surface area contributed by atoms with Crippen LogP contribution in [0.2, 0.25) is 0 Å². The monoisotopic (exact) mass is 239 g/mol. The van der Waals surface area contributed by atoms with Gasteiger partial charge in [-0.1, -0.05) is 0 Å². The SMILES string of the molecule is COC1CCCC(N2CCCC(C(C)=O)C2)C1. The fraction of sp³-hybridized carbons (Fsp3) is 0.929. The number of ether oxygens (including phenoxy) is 1. The van der Waals surface area contributed by atoms with Crippen LogP contribution in [0.15, 0.2) is 0 Å². The number of hydrogen-bond donors (Lipinski definition) is 0. The summed E-state index contributed by atoms with van der Waals surface area (Å²) in [5, 5.41) is 0. The standard InChI is InChI=1S/C14H25NO2/c1-11(16)12-5-4-8-15(10-12)13-6-3-7-14(9-13)17-2/h12-14H,3-10H2,1-2H3. The Kier molecular flexibility index (Phi) is 4.57. The Morgan fingerprint density at radius 2 is 2.06 bits per heavy atom. The van der Waals surface area contributed by atoms with Crippen LogP contribution in [-0.2, 0) is 9.53 Å². The summed E-state index contributed by atoms with van der Waals surface area (Å²) in [6.45, 7) is 3.90. The van der Waals surface area contributed by atoms with Gasteiger partial charge in [0.05, 0.1) is 6.10 Å². The van der Waals surface area contributed by atoms with E-state index >= 15 is 0 Å². The second-order valence-electron chi connectivity index (χ2n) is 5.62. The summed E-state index contributed by atoms with van der Waals surface area (Å²) in [5.74, 6) is 0.653. The number of carbonyl (C=O) groups excluding carboxylic acids is 1. The maximum atomic E-state index is 11.5. The van der Waals surface area contributed by atoms with Crippen LogP contribution in [-0.4, -0.2) is 43.0 Å². The van der Waals surface area contributed by atoms with Crippen LogP contribution >= 0.6 is 0 Å². The molecule has 0 amide bonds. The normalized spacial score (nSPS) is 35.8. The maximum absolute atomic E-state index is 11.5. The first-order valence-electron chi connectivity index (χ1n) is 6.98. The molecule has 1 saturated heterocycles. The molecule has 1 heterocycles. The van der Waals surface area contributed by atoms with Gasteiger partial charge in [-0.3, -0.25) is 9.69 Å². The lowest BCUT2D eigenvalue weighted by molar-refractivity contribution is -0.122. The highest BCUT2D eigenvalue weighted by molar-refractivity contribution is 5.78. The third kappa shape index (κ3) is 3.29. The van der Waals surface area contributed by atoms with E-state index in [0.717, 1.165) is 19.4 Å². The topological polar surface area (TPSA) is 29.5 Å². The van der Waals surface area contributed by atoms with Crippen LogP contribution in [0, 0.1) is 5.92 Å². The Morgan fingerprint density at radius 3 is 2.76 bits per heavy atom. The van der Waals surface area contributed by atoms with E-state index in [0.29, 0.717) is 17.9 Å². The molecule has 98 valence electrons. The molecule has 2 fully saturated rings. The first-order valence-corrected chi connectivity index (χ1v) is 6.98. The minimum Gasteiger partial charge on any atom is -0.381 e. The quantitative estimate of drug-likeness (QED) is 0.756. The summed E-state index contributed by atoms with van der Waals surface area (Å²) in [4.78, 5) is 14.0. The zero-order chi connectivity index (χ0) is 12.3. The zero-order valence-electron chi connectivity index (χ0n) is 11.2. The summed E-state index contributed by atoms with van der Waals surface area (Å²) in [7, 11) is 1.82. The van der Waals surface area contributed by atoms with Crippen molar-refractivity contribution in [2.24, 2.45) is 5.92 Å². The number of carbonyl (C=O) groups is 1. The number of hydrogen-bond acceptors (Lipinski definition) is 3. The van der Waals surface area contributed by atoms with Crippen molar-refractivity contribution in [2.75, 3.05) is 20.2 Å². The van der Waals surface area contributed by atoms with Gasteiger partial charge in [-0.25, -0.2) is 0 Å². The molecule has 17 heavy (non-hydrogen) atoms. The van der Waals surface area contributed by atoms with Crippen molar-refractivity contribution in [1.29, 1.82) is 0 Å². The van der Waals surface area contributed by atoms with Crippen molar-refractivity contribution in [2.45, 2.75) is 57.6 Å². The van der Waals surface area contributed by atoms with Crippen molar-refractivity contribution in [1.82, 2.24) is 4.90 Å². The van der Waals surface area contributed by atoms with Crippen LogP contribution in [0.5, 0.6) is 0 Å². The number of piperidine rings is 1. The summed E-state index contributed by atoms with van der Waals surface area (Å²) in [6, 6.07) is 0.649. The molecule has 0 N–H and O–H groups in total. The molecule has 0 spiro atoms. The number of Topliss-reactive ketones (excluding diaryl/α,β-unsaturated/α-hetero) is 1. The molecule has 1 aliphatic heterocycles. The van der Waals surface area contributed by atoms with Gasteiger partial charge in [0, 0.05) is 25.6 Å². The van der Waals surface area contributed by atoms with Crippen LogP contribution in [0.3, 0.4) is 0 Å². The van der Waals surface area contributed by atoms with Gasteiger partial charge in [-0.2, -0.15) is 0 Å². The average molecular weight is 239 g/mol. The van der Waals surface area contributed by atoms with Gasteiger partial charge in [0.1, 0.15) is 5.78 Å². The maximum Gasteiger partial charge on any atom is 0.134 e. The predicted molar refractivity (Wildman–Crippen MR) is 68.0 cm³/mol. The van der Waals surface area contributed by atoms with E-state index in [1.807, 2.05) is 7.11 Å². The number of nitrogens with zero attached hydrogens (tertiary/aromatic N) is 1. The number of likely N-dealkylation sites (tertiary alicyclic amines) is 1. The van der Waals surface area contributed by atoms with E-state index < -0.39 is 0 Å². The fourth-order valence-corrected chi connectivity index (χ4v) is 3.34. The molecule has 0 bridgehead atoms. The first-order chi connectivity index (χ1) is 8.20.